The molecule has 6 nitrogen and oxygen atoms in total. The van der Waals surface area contributed by atoms with Crippen LogP contribution in [0.5, 0.6) is 0 Å². The number of oxime groups is 1. The number of rotatable bonds is 10. The molecule has 0 N–H and O–H groups in total. The summed E-state index contributed by atoms with van der Waals surface area (Å²) in [5, 5.41) is 3.88. The number of carbonyl (C=O) groups excluding carboxylic acids is 2. The van der Waals surface area contributed by atoms with Gasteiger partial charge in [-0.2, -0.15) is 0 Å². The van der Waals surface area contributed by atoms with Crippen LogP contribution in [-0.4, -0.2) is 36.1 Å². The molecule has 2 rings (SSSR count). The highest BCUT2D eigenvalue weighted by Gasteiger charge is 2.13. The highest BCUT2D eigenvalue weighted by atomic mass is 16.6. The van der Waals surface area contributed by atoms with Gasteiger partial charge in [-0.3, -0.25) is 9.69 Å². The molecule has 0 aromatic heterocycles. The van der Waals surface area contributed by atoms with Crippen LogP contribution in [0.4, 0.5) is 4.79 Å². The molecule has 2 aromatic rings. The molecule has 1 amide bonds. The molecule has 0 unspecified atom stereocenters. The van der Waals surface area contributed by atoms with E-state index in [1.54, 1.807) is 6.08 Å². The maximum absolute atomic E-state index is 12.4. The number of ketones is 1. The van der Waals surface area contributed by atoms with E-state index >= 15 is 0 Å². The Kier molecular flexibility index (Phi) is 9.00. The third-order valence-corrected chi connectivity index (χ3v) is 3.67. The molecule has 0 bridgehead atoms. The zero-order chi connectivity index (χ0) is 20.0. The van der Waals surface area contributed by atoms with E-state index < -0.39 is 6.09 Å². The van der Waals surface area contributed by atoms with Crippen LogP contribution in [0, 0.1) is 0 Å². The van der Waals surface area contributed by atoms with Crippen LogP contribution in [0.2, 0.25) is 0 Å². The fraction of sp³-hybridized carbons (Fsp3) is 0.227. The van der Waals surface area contributed by atoms with Gasteiger partial charge in [0.2, 0.25) is 0 Å². The molecular formula is C22H24N2O4. The third-order valence-electron chi connectivity index (χ3n) is 3.67. The summed E-state index contributed by atoms with van der Waals surface area (Å²) in [5.74, 6) is -0.0857. The van der Waals surface area contributed by atoms with Crippen molar-refractivity contribution >= 4 is 18.1 Å². The van der Waals surface area contributed by atoms with Crippen LogP contribution < -0.4 is 0 Å². The Morgan fingerprint density at radius 2 is 1.54 bits per heavy atom. The van der Waals surface area contributed by atoms with Gasteiger partial charge in [-0.1, -0.05) is 71.9 Å². The maximum Gasteiger partial charge on any atom is 0.410 e. The van der Waals surface area contributed by atoms with Crippen LogP contribution in [0.1, 0.15) is 18.1 Å². The van der Waals surface area contributed by atoms with Crippen molar-refractivity contribution in [2.24, 2.45) is 5.16 Å². The summed E-state index contributed by atoms with van der Waals surface area (Å²) in [6, 6.07) is 19.1. The van der Waals surface area contributed by atoms with Crippen LogP contribution >= 0.6 is 0 Å². The summed E-state index contributed by atoms with van der Waals surface area (Å²) in [6.45, 7) is 2.41. The molecule has 0 aliphatic heterocycles. The lowest BCUT2D eigenvalue weighted by Gasteiger charge is -2.18. The summed E-state index contributed by atoms with van der Waals surface area (Å²) in [7, 11) is 0. The van der Waals surface area contributed by atoms with Crippen LogP contribution in [0.25, 0.3) is 0 Å². The molecule has 0 aliphatic carbocycles. The quantitative estimate of drug-likeness (QED) is 0.355. The lowest BCUT2D eigenvalue weighted by molar-refractivity contribution is -0.112. The molecule has 0 aliphatic rings. The first kappa shape index (κ1) is 20.9. The lowest BCUT2D eigenvalue weighted by Crippen LogP contribution is -2.33. The predicted octanol–water partition coefficient (Wildman–Crippen LogP) is 3.97. The van der Waals surface area contributed by atoms with Crippen LogP contribution in [-0.2, 0) is 27.6 Å². The van der Waals surface area contributed by atoms with Crippen molar-refractivity contribution in [3.63, 3.8) is 0 Å². The molecule has 0 spiro atoms. The first-order chi connectivity index (χ1) is 13.6. The molecule has 0 saturated heterocycles. The van der Waals surface area contributed by atoms with Crippen molar-refractivity contribution in [2.45, 2.75) is 20.1 Å². The molecule has 0 saturated carbocycles. The summed E-state index contributed by atoms with van der Waals surface area (Å²) in [5.41, 5.74) is 1.90. The number of hydrogen-bond acceptors (Lipinski definition) is 5. The Bertz CT molecular complexity index is 789. The second-order valence-electron chi connectivity index (χ2n) is 6.01. The van der Waals surface area contributed by atoms with E-state index in [0.29, 0.717) is 6.61 Å². The van der Waals surface area contributed by atoms with E-state index in [9.17, 15) is 9.59 Å². The Balaban J connectivity index is 1.85. The summed E-state index contributed by atoms with van der Waals surface area (Å²) >= 11 is 0. The number of hydrogen-bond donors (Lipinski definition) is 0. The van der Waals surface area contributed by atoms with Crippen molar-refractivity contribution in [3.05, 3.63) is 83.9 Å². The molecule has 0 atom stereocenters. The highest BCUT2D eigenvalue weighted by Crippen LogP contribution is 2.04. The Hall–Kier alpha value is -3.41. The van der Waals surface area contributed by atoms with E-state index in [0.717, 1.165) is 11.1 Å². The molecule has 2 aromatic carbocycles. The normalized spacial score (nSPS) is 10.9. The first-order valence-electron chi connectivity index (χ1n) is 8.95. The maximum atomic E-state index is 12.4. The van der Waals surface area contributed by atoms with Gasteiger partial charge >= 0.3 is 6.09 Å². The van der Waals surface area contributed by atoms with Gasteiger partial charge in [0.1, 0.15) is 13.2 Å². The number of allylic oxidation sites excluding steroid dienone is 1. The smallest absolute Gasteiger partial charge is 0.410 e. The van der Waals surface area contributed by atoms with Crippen LogP contribution in [0.3, 0.4) is 0 Å². The van der Waals surface area contributed by atoms with E-state index in [2.05, 4.69) is 5.16 Å². The predicted molar refractivity (Wildman–Crippen MR) is 108 cm³/mol. The number of ether oxygens (including phenoxy) is 1. The van der Waals surface area contributed by atoms with Gasteiger partial charge in [0, 0.05) is 6.54 Å². The fourth-order valence-electron chi connectivity index (χ4n) is 2.25. The molecule has 28 heavy (non-hydrogen) atoms. The van der Waals surface area contributed by atoms with Crippen LogP contribution in [0.15, 0.2) is 78.0 Å². The summed E-state index contributed by atoms with van der Waals surface area (Å²) in [6.07, 6.45) is 4.03. The van der Waals surface area contributed by atoms with E-state index in [4.69, 9.17) is 9.57 Å². The lowest BCUT2D eigenvalue weighted by atomic mass is 10.2. The SMILES string of the molecule is CC(=O)/C=C/CN(C/C=N/OCc1ccccc1)C(=O)OCc1ccccc1. The minimum atomic E-state index is -0.494. The van der Waals surface area contributed by atoms with E-state index in [-0.39, 0.29) is 25.5 Å². The van der Waals surface area contributed by atoms with Gasteiger partial charge < -0.3 is 9.57 Å². The zero-order valence-corrected chi connectivity index (χ0v) is 15.9. The van der Waals surface area contributed by atoms with Gasteiger partial charge in [0.05, 0.1) is 12.8 Å². The Labute approximate surface area is 165 Å². The van der Waals surface area contributed by atoms with Gasteiger partial charge in [0.15, 0.2) is 5.78 Å². The van der Waals surface area contributed by atoms with Crippen molar-refractivity contribution in [2.75, 3.05) is 13.1 Å². The van der Waals surface area contributed by atoms with E-state index in [1.807, 2.05) is 60.7 Å². The average Bonchev–Trinajstić information content (AvgIpc) is 2.71. The molecule has 0 radical (unpaired) electrons. The molecule has 6 heteroatoms. The summed E-state index contributed by atoms with van der Waals surface area (Å²) in [4.78, 5) is 30.1. The third kappa shape index (κ3) is 8.31. The zero-order valence-electron chi connectivity index (χ0n) is 15.9. The molecule has 0 fully saturated rings. The number of benzene rings is 2. The molecule has 146 valence electrons. The first-order valence-corrected chi connectivity index (χ1v) is 8.95. The topological polar surface area (TPSA) is 68.2 Å². The minimum absolute atomic E-state index is 0.0857. The summed E-state index contributed by atoms with van der Waals surface area (Å²) < 4.78 is 5.34. The fourth-order valence-corrected chi connectivity index (χ4v) is 2.25. The minimum Gasteiger partial charge on any atom is -0.445 e. The highest BCUT2D eigenvalue weighted by molar-refractivity contribution is 5.87. The van der Waals surface area contributed by atoms with Gasteiger partial charge in [-0.15, -0.1) is 0 Å². The van der Waals surface area contributed by atoms with E-state index in [1.165, 1.54) is 24.1 Å². The van der Waals surface area contributed by atoms with Crippen molar-refractivity contribution in [1.82, 2.24) is 4.90 Å². The molecule has 0 heterocycles. The van der Waals surface area contributed by atoms with Crippen molar-refractivity contribution < 1.29 is 19.2 Å². The number of amides is 1. The van der Waals surface area contributed by atoms with Gasteiger partial charge in [0.25, 0.3) is 0 Å². The Morgan fingerprint density at radius 3 is 2.14 bits per heavy atom. The number of nitrogens with zero attached hydrogens (tertiary/aromatic N) is 2. The molecular weight excluding hydrogens is 356 g/mol. The monoisotopic (exact) mass is 380 g/mol. The van der Waals surface area contributed by atoms with Gasteiger partial charge in [-0.05, 0) is 24.1 Å². The number of carbonyl (C=O) groups is 2. The largest absolute Gasteiger partial charge is 0.445 e. The van der Waals surface area contributed by atoms with Crippen molar-refractivity contribution in [3.8, 4) is 0 Å². The van der Waals surface area contributed by atoms with Gasteiger partial charge in [-0.25, -0.2) is 4.79 Å². The average molecular weight is 380 g/mol. The Morgan fingerprint density at radius 1 is 0.929 bits per heavy atom. The second kappa shape index (κ2) is 12.1. The second-order valence-corrected chi connectivity index (χ2v) is 6.01. The standard InChI is InChI=1S/C22H24N2O4/c1-19(25)9-8-15-24(22(26)27-17-20-10-4-2-5-11-20)16-14-23-28-18-21-12-6-3-7-13-21/h2-14H,15-18H2,1H3/b9-8+,23-14+. The van der Waals surface area contributed by atoms with Crippen molar-refractivity contribution in [1.29, 1.82) is 0 Å².